The van der Waals surface area contributed by atoms with E-state index in [0.717, 1.165) is 24.2 Å². The molecule has 6 nitrogen and oxygen atoms in total. The normalized spacial score (nSPS) is 15.5. The number of ether oxygens (including phenoxy) is 1. The molecular weight excluding hydrogens is 412 g/mol. The van der Waals surface area contributed by atoms with Crippen molar-refractivity contribution >= 4 is 33.3 Å². The fourth-order valence-electron chi connectivity index (χ4n) is 3.85. The van der Waals surface area contributed by atoms with E-state index in [1.165, 1.54) is 11.3 Å². The van der Waals surface area contributed by atoms with E-state index in [9.17, 15) is 9.59 Å². The zero-order valence-electron chi connectivity index (χ0n) is 16.9. The van der Waals surface area contributed by atoms with Gasteiger partial charge in [-0.15, -0.1) is 11.3 Å². The number of hydrogen-bond acceptors (Lipinski definition) is 6. The molecule has 1 amide bonds. The number of anilines is 1. The number of rotatable bonds is 6. The van der Waals surface area contributed by atoms with E-state index < -0.39 is 6.04 Å². The van der Waals surface area contributed by atoms with Gasteiger partial charge in [0, 0.05) is 11.6 Å². The summed E-state index contributed by atoms with van der Waals surface area (Å²) >= 11 is 1.35. The zero-order chi connectivity index (χ0) is 21.4. The van der Waals surface area contributed by atoms with E-state index >= 15 is 0 Å². The molecule has 1 atom stereocenters. The predicted octanol–water partition coefficient (Wildman–Crippen LogP) is 5.18. The van der Waals surface area contributed by atoms with Gasteiger partial charge in [0.05, 0.1) is 23.6 Å². The lowest BCUT2D eigenvalue weighted by Crippen LogP contribution is -2.29. The van der Waals surface area contributed by atoms with Crippen LogP contribution in [0.15, 0.2) is 69.3 Å². The summed E-state index contributed by atoms with van der Waals surface area (Å²) in [5.41, 5.74) is 1.35. The Morgan fingerprint density at radius 2 is 1.94 bits per heavy atom. The minimum atomic E-state index is -0.612. The fourth-order valence-corrected chi connectivity index (χ4v) is 4.51. The number of benzene rings is 2. The van der Waals surface area contributed by atoms with Gasteiger partial charge in [0.25, 0.3) is 5.91 Å². The molecule has 1 aliphatic heterocycles. The molecule has 31 heavy (non-hydrogen) atoms. The van der Waals surface area contributed by atoms with Crippen molar-refractivity contribution in [1.29, 1.82) is 0 Å². The molecule has 2 aromatic heterocycles. The first kappa shape index (κ1) is 19.5. The van der Waals surface area contributed by atoms with E-state index in [1.54, 1.807) is 40.7 Å². The van der Waals surface area contributed by atoms with Crippen LogP contribution in [0.5, 0.6) is 5.75 Å². The third-order valence-electron chi connectivity index (χ3n) is 5.37. The van der Waals surface area contributed by atoms with Crippen LogP contribution in [-0.4, -0.2) is 17.5 Å². The molecule has 4 aromatic rings. The van der Waals surface area contributed by atoms with Gasteiger partial charge in [-0.1, -0.05) is 37.6 Å². The Morgan fingerprint density at radius 3 is 2.68 bits per heavy atom. The first-order valence-corrected chi connectivity index (χ1v) is 11.1. The molecule has 0 bridgehead atoms. The molecule has 0 N–H and O–H groups in total. The summed E-state index contributed by atoms with van der Waals surface area (Å²) in [6.45, 7) is 2.77. The average molecular weight is 433 g/mol. The first-order valence-electron chi connectivity index (χ1n) is 10.2. The van der Waals surface area contributed by atoms with Crippen molar-refractivity contribution < 1.29 is 13.9 Å². The third kappa shape index (κ3) is 3.31. The SMILES string of the molecule is CCCCOc1ccc([C@H]2c3c(oc4ccccc4c3=O)C(=O)N2c2nccs2)cc1. The van der Waals surface area contributed by atoms with E-state index in [-0.39, 0.29) is 17.1 Å². The van der Waals surface area contributed by atoms with Gasteiger partial charge in [0.1, 0.15) is 11.3 Å². The lowest BCUT2D eigenvalue weighted by molar-refractivity contribution is 0.0971. The minimum absolute atomic E-state index is 0.0761. The fraction of sp³-hybridized carbons (Fsp3) is 0.208. The summed E-state index contributed by atoms with van der Waals surface area (Å²) in [4.78, 5) is 32.7. The molecule has 0 saturated heterocycles. The van der Waals surface area contributed by atoms with Crippen LogP contribution in [0, 0.1) is 0 Å². The van der Waals surface area contributed by atoms with Crippen LogP contribution < -0.4 is 15.1 Å². The molecular formula is C24H20N2O4S. The van der Waals surface area contributed by atoms with Gasteiger partial charge >= 0.3 is 0 Å². The highest BCUT2D eigenvalue weighted by Crippen LogP contribution is 2.42. The highest BCUT2D eigenvalue weighted by molar-refractivity contribution is 7.13. The lowest BCUT2D eigenvalue weighted by atomic mass is 9.98. The van der Waals surface area contributed by atoms with E-state index in [1.807, 2.05) is 24.3 Å². The maximum Gasteiger partial charge on any atom is 0.297 e. The average Bonchev–Trinajstić information content (AvgIpc) is 3.41. The molecule has 0 spiro atoms. The number of hydrogen-bond donors (Lipinski definition) is 0. The van der Waals surface area contributed by atoms with Gasteiger partial charge in [-0.2, -0.15) is 0 Å². The largest absolute Gasteiger partial charge is 0.494 e. The van der Waals surface area contributed by atoms with Crippen LogP contribution in [0.3, 0.4) is 0 Å². The van der Waals surface area contributed by atoms with E-state index in [0.29, 0.717) is 28.3 Å². The van der Waals surface area contributed by atoms with Crippen molar-refractivity contribution in [2.24, 2.45) is 0 Å². The van der Waals surface area contributed by atoms with Crippen LogP contribution in [0.25, 0.3) is 11.0 Å². The number of carbonyl (C=O) groups is 1. The monoisotopic (exact) mass is 432 g/mol. The van der Waals surface area contributed by atoms with Crippen molar-refractivity contribution in [3.63, 3.8) is 0 Å². The van der Waals surface area contributed by atoms with Crippen LogP contribution in [0.2, 0.25) is 0 Å². The topological polar surface area (TPSA) is 72.6 Å². The number of para-hydroxylation sites is 1. The second-order valence-electron chi connectivity index (χ2n) is 7.33. The molecule has 0 radical (unpaired) electrons. The number of unbranched alkanes of at least 4 members (excludes halogenated alkanes) is 1. The Labute approximate surface area is 182 Å². The molecule has 0 unspecified atom stereocenters. The number of nitrogens with zero attached hydrogens (tertiary/aromatic N) is 2. The van der Waals surface area contributed by atoms with E-state index in [4.69, 9.17) is 9.15 Å². The van der Waals surface area contributed by atoms with Crippen molar-refractivity contribution in [2.45, 2.75) is 25.8 Å². The van der Waals surface area contributed by atoms with Crippen LogP contribution >= 0.6 is 11.3 Å². The van der Waals surface area contributed by atoms with Crippen LogP contribution in [0.1, 0.15) is 47.5 Å². The zero-order valence-corrected chi connectivity index (χ0v) is 17.7. The Morgan fingerprint density at radius 1 is 1.13 bits per heavy atom. The second-order valence-corrected chi connectivity index (χ2v) is 8.21. The third-order valence-corrected chi connectivity index (χ3v) is 6.14. The van der Waals surface area contributed by atoms with Crippen molar-refractivity contribution in [1.82, 2.24) is 4.98 Å². The quantitative estimate of drug-likeness (QED) is 0.393. The highest BCUT2D eigenvalue weighted by Gasteiger charge is 2.44. The maximum absolute atomic E-state index is 13.4. The first-order chi connectivity index (χ1) is 15.2. The van der Waals surface area contributed by atoms with E-state index in [2.05, 4.69) is 11.9 Å². The summed E-state index contributed by atoms with van der Waals surface area (Å²) in [7, 11) is 0. The molecule has 7 heteroatoms. The summed E-state index contributed by atoms with van der Waals surface area (Å²) in [6.07, 6.45) is 3.69. The molecule has 156 valence electrons. The highest BCUT2D eigenvalue weighted by atomic mass is 32.1. The Bertz CT molecular complexity index is 1300. The van der Waals surface area contributed by atoms with Gasteiger partial charge in [0.15, 0.2) is 10.6 Å². The molecule has 0 aliphatic carbocycles. The molecule has 5 rings (SSSR count). The van der Waals surface area contributed by atoms with Gasteiger partial charge < -0.3 is 9.15 Å². The predicted molar refractivity (Wildman–Crippen MR) is 120 cm³/mol. The standard InChI is InChI=1S/C24H20N2O4S/c1-2-3-13-29-16-10-8-15(9-11-16)20-19-21(27)17-6-4-5-7-18(17)30-22(19)23(28)26(20)24-25-12-14-31-24/h4-12,14,20H,2-3,13H2,1H3/t20-/m0/s1. The molecule has 0 fully saturated rings. The van der Waals surface area contributed by atoms with Crippen molar-refractivity contribution in [2.75, 3.05) is 11.5 Å². The number of aromatic nitrogens is 1. The Balaban J connectivity index is 1.65. The molecule has 1 aliphatic rings. The second kappa shape index (κ2) is 8.00. The number of carbonyl (C=O) groups excluding carboxylic acids is 1. The molecule has 3 heterocycles. The van der Waals surface area contributed by atoms with Crippen molar-refractivity contribution in [3.05, 3.63) is 87.2 Å². The molecule has 2 aromatic carbocycles. The number of amides is 1. The van der Waals surface area contributed by atoms with Crippen LogP contribution in [-0.2, 0) is 0 Å². The smallest absolute Gasteiger partial charge is 0.297 e. The Hall–Kier alpha value is -3.45. The number of fused-ring (bicyclic) bond motifs is 2. The van der Waals surface area contributed by atoms with Crippen molar-refractivity contribution in [3.8, 4) is 5.75 Å². The van der Waals surface area contributed by atoms with Gasteiger partial charge in [-0.3, -0.25) is 14.5 Å². The van der Waals surface area contributed by atoms with Crippen LogP contribution in [0.4, 0.5) is 5.13 Å². The summed E-state index contributed by atoms with van der Waals surface area (Å²) in [5, 5.41) is 2.78. The van der Waals surface area contributed by atoms with Gasteiger partial charge in [-0.25, -0.2) is 4.98 Å². The lowest BCUT2D eigenvalue weighted by Gasteiger charge is -2.22. The van der Waals surface area contributed by atoms with Gasteiger partial charge in [-0.05, 0) is 36.2 Å². The summed E-state index contributed by atoms with van der Waals surface area (Å²) in [6, 6.07) is 13.9. The Kier molecular flexibility index (Phi) is 5.03. The summed E-state index contributed by atoms with van der Waals surface area (Å²) in [5.74, 6) is 0.473. The maximum atomic E-state index is 13.4. The van der Waals surface area contributed by atoms with Gasteiger partial charge in [0.2, 0.25) is 5.76 Å². The minimum Gasteiger partial charge on any atom is -0.494 e. The summed E-state index contributed by atoms with van der Waals surface area (Å²) < 4.78 is 11.7. The molecule has 0 saturated carbocycles. The number of thiazole rings is 1.